The first-order valence-corrected chi connectivity index (χ1v) is 7.64. The Morgan fingerprint density at radius 2 is 1.87 bits per heavy atom. The second-order valence-corrected chi connectivity index (χ2v) is 5.52. The van der Waals surface area contributed by atoms with Crippen LogP contribution >= 0.6 is 0 Å². The molecule has 2 aromatic carbocycles. The molecule has 3 rings (SSSR count). The number of nitrogens with zero attached hydrogens (tertiary/aromatic N) is 1. The Hall–Kier alpha value is -2.75. The molecule has 3 aromatic rings. The summed E-state index contributed by atoms with van der Waals surface area (Å²) in [5.74, 6) is 0.809. The highest BCUT2D eigenvalue weighted by molar-refractivity contribution is 6.06. The Bertz CT molecular complexity index is 819. The van der Waals surface area contributed by atoms with Gasteiger partial charge in [-0.25, -0.2) is 0 Å². The molecule has 1 N–H and O–H groups in total. The van der Waals surface area contributed by atoms with Crippen molar-refractivity contribution in [2.24, 2.45) is 7.05 Å². The molecule has 0 radical (unpaired) electrons. The lowest BCUT2D eigenvalue weighted by atomic mass is 10.1. The molecule has 0 saturated heterocycles. The number of para-hydroxylation sites is 1. The number of rotatable bonds is 5. The van der Waals surface area contributed by atoms with Crippen LogP contribution in [0.1, 0.15) is 15.9 Å². The van der Waals surface area contributed by atoms with Gasteiger partial charge in [0.05, 0.1) is 12.7 Å². The summed E-state index contributed by atoms with van der Waals surface area (Å²) in [7, 11) is 3.61. The summed E-state index contributed by atoms with van der Waals surface area (Å²) in [5, 5.41) is 3.98. The van der Waals surface area contributed by atoms with E-state index in [2.05, 4.69) is 5.32 Å². The van der Waals surface area contributed by atoms with Crippen molar-refractivity contribution in [3.8, 4) is 5.75 Å². The molecule has 0 saturated carbocycles. The van der Waals surface area contributed by atoms with Gasteiger partial charge in [0.15, 0.2) is 0 Å². The normalized spacial score (nSPS) is 10.7. The van der Waals surface area contributed by atoms with Crippen molar-refractivity contribution in [1.82, 2.24) is 9.88 Å². The standard InChI is InChI=1S/C19H20N2O2/c1-21-13-17(16-5-3-4-6-18(16)21)19(22)20-12-11-14-7-9-15(23-2)10-8-14/h3-10,13H,11-12H2,1-2H3,(H,20,22). The summed E-state index contributed by atoms with van der Waals surface area (Å²) in [4.78, 5) is 12.4. The number of hydrogen-bond donors (Lipinski definition) is 1. The van der Waals surface area contributed by atoms with E-state index in [1.165, 1.54) is 5.56 Å². The summed E-state index contributed by atoms with van der Waals surface area (Å²) >= 11 is 0. The van der Waals surface area contributed by atoms with E-state index in [1.807, 2.05) is 66.3 Å². The molecule has 4 nitrogen and oxygen atoms in total. The van der Waals surface area contributed by atoms with E-state index in [0.717, 1.165) is 28.6 Å². The predicted octanol–water partition coefficient (Wildman–Crippen LogP) is 3.16. The average molecular weight is 308 g/mol. The minimum Gasteiger partial charge on any atom is -0.497 e. The van der Waals surface area contributed by atoms with Crippen molar-refractivity contribution in [3.05, 3.63) is 65.9 Å². The lowest BCUT2D eigenvalue weighted by Gasteiger charge is -2.06. The maximum Gasteiger partial charge on any atom is 0.253 e. The maximum atomic E-state index is 12.4. The zero-order valence-electron chi connectivity index (χ0n) is 13.4. The van der Waals surface area contributed by atoms with Gasteiger partial charge in [0.1, 0.15) is 5.75 Å². The van der Waals surface area contributed by atoms with Crippen molar-refractivity contribution < 1.29 is 9.53 Å². The Labute approximate surface area is 135 Å². The number of fused-ring (bicyclic) bond motifs is 1. The van der Waals surface area contributed by atoms with E-state index < -0.39 is 0 Å². The van der Waals surface area contributed by atoms with Crippen LogP contribution in [-0.4, -0.2) is 24.1 Å². The quantitative estimate of drug-likeness (QED) is 0.787. The third-order valence-electron chi connectivity index (χ3n) is 4.00. The summed E-state index contributed by atoms with van der Waals surface area (Å²) < 4.78 is 7.12. The number of nitrogens with one attached hydrogen (secondary N) is 1. The van der Waals surface area contributed by atoms with Gasteiger partial charge < -0.3 is 14.6 Å². The molecule has 0 aliphatic heterocycles. The number of methoxy groups -OCH3 is 1. The van der Waals surface area contributed by atoms with Crippen molar-refractivity contribution in [2.45, 2.75) is 6.42 Å². The van der Waals surface area contributed by atoms with E-state index in [-0.39, 0.29) is 5.91 Å². The van der Waals surface area contributed by atoms with Crippen LogP contribution in [0.25, 0.3) is 10.9 Å². The molecular weight excluding hydrogens is 288 g/mol. The highest BCUT2D eigenvalue weighted by Crippen LogP contribution is 2.20. The van der Waals surface area contributed by atoms with Crippen LogP contribution in [0.5, 0.6) is 5.75 Å². The van der Waals surface area contributed by atoms with Gasteiger partial charge in [0.2, 0.25) is 0 Å². The van der Waals surface area contributed by atoms with Gasteiger partial charge in [0.25, 0.3) is 5.91 Å². The predicted molar refractivity (Wildman–Crippen MR) is 92.0 cm³/mol. The lowest BCUT2D eigenvalue weighted by molar-refractivity contribution is 0.0955. The molecule has 118 valence electrons. The van der Waals surface area contributed by atoms with Crippen LogP contribution in [0.2, 0.25) is 0 Å². The van der Waals surface area contributed by atoms with Gasteiger partial charge in [-0.1, -0.05) is 30.3 Å². The fraction of sp³-hybridized carbons (Fsp3) is 0.211. The zero-order chi connectivity index (χ0) is 16.2. The number of benzene rings is 2. The van der Waals surface area contributed by atoms with Crippen LogP contribution in [0, 0.1) is 0 Å². The Morgan fingerprint density at radius 3 is 2.61 bits per heavy atom. The first kappa shape index (κ1) is 15.2. The summed E-state index contributed by atoms with van der Waals surface area (Å²) in [6.07, 6.45) is 2.67. The van der Waals surface area contributed by atoms with E-state index in [4.69, 9.17) is 4.74 Å². The Balaban J connectivity index is 1.64. The largest absolute Gasteiger partial charge is 0.497 e. The van der Waals surface area contributed by atoms with Gasteiger partial charge in [-0.2, -0.15) is 0 Å². The number of carbonyl (C=O) groups is 1. The monoisotopic (exact) mass is 308 g/mol. The van der Waals surface area contributed by atoms with Crippen LogP contribution in [0.4, 0.5) is 0 Å². The zero-order valence-corrected chi connectivity index (χ0v) is 13.4. The minimum absolute atomic E-state index is 0.0321. The van der Waals surface area contributed by atoms with Gasteiger partial charge in [-0.05, 0) is 30.2 Å². The Morgan fingerprint density at radius 1 is 1.13 bits per heavy atom. The van der Waals surface area contributed by atoms with E-state index in [9.17, 15) is 4.79 Å². The molecule has 0 spiro atoms. The molecule has 1 aromatic heterocycles. The molecule has 4 heteroatoms. The molecule has 1 heterocycles. The molecular formula is C19H20N2O2. The van der Waals surface area contributed by atoms with Crippen molar-refractivity contribution in [3.63, 3.8) is 0 Å². The van der Waals surface area contributed by atoms with Crippen molar-refractivity contribution >= 4 is 16.8 Å². The number of aryl methyl sites for hydroxylation is 1. The topological polar surface area (TPSA) is 43.3 Å². The van der Waals surface area contributed by atoms with Gasteiger partial charge in [-0.3, -0.25) is 4.79 Å². The number of hydrogen-bond acceptors (Lipinski definition) is 2. The van der Waals surface area contributed by atoms with Gasteiger partial charge >= 0.3 is 0 Å². The molecule has 0 atom stereocenters. The average Bonchev–Trinajstić information content (AvgIpc) is 2.93. The smallest absolute Gasteiger partial charge is 0.253 e. The highest BCUT2D eigenvalue weighted by atomic mass is 16.5. The van der Waals surface area contributed by atoms with Crippen LogP contribution in [-0.2, 0) is 13.5 Å². The first-order chi connectivity index (χ1) is 11.2. The van der Waals surface area contributed by atoms with Crippen LogP contribution < -0.4 is 10.1 Å². The number of amides is 1. The molecule has 1 amide bonds. The Kier molecular flexibility index (Phi) is 4.33. The first-order valence-electron chi connectivity index (χ1n) is 7.64. The van der Waals surface area contributed by atoms with Gasteiger partial charge in [0, 0.05) is 30.7 Å². The second-order valence-electron chi connectivity index (χ2n) is 5.52. The summed E-state index contributed by atoms with van der Waals surface area (Å²) in [6, 6.07) is 15.8. The molecule has 0 fully saturated rings. The fourth-order valence-corrected chi connectivity index (χ4v) is 2.73. The molecule has 0 unspecified atom stereocenters. The van der Waals surface area contributed by atoms with Crippen molar-refractivity contribution in [2.75, 3.05) is 13.7 Å². The van der Waals surface area contributed by atoms with Crippen molar-refractivity contribution in [1.29, 1.82) is 0 Å². The maximum absolute atomic E-state index is 12.4. The number of ether oxygens (including phenoxy) is 1. The van der Waals surface area contributed by atoms with Crippen LogP contribution in [0.15, 0.2) is 54.7 Å². The molecule has 0 aliphatic rings. The van der Waals surface area contributed by atoms with E-state index >= 15 is 0 Å². The number of aromatic nitrogens is 1. The van der Waals surface area contributed by atoms with Crippen LogP contribution in [0.3, 0.4) is 0 Å². The SMILES string of the molecule is COc1ccc(CCNC(=O)c2cn(C)c3ccccc23)cc1. The molecule has 23 heavy (non-hydrogen) atoms. The highest BCUT2D eigenvalue weighted by Gasteiger charge is 2.12. The second kappa shape index (κ2) is 6.57. The van der Waals surface area contributed by atoms with E-state index in [1.54, 1.807) is 7.11 Å². The van der Waals surface area contributed by atoms with Gasteiger partial charge in [-0.15, -0.1) is 0 Å². The summed E-state index contributed by atoms with van der Waals surface area (Å²) in [5.41, 5.74) is 2.95. The molecule has 0 aliphatic carbocycles. The fourth-order valence-electron chi connectivity index (χ4n) is 2.73. The minimum atomic E-state index is -0.0321. The third kappa shape index (κ3) is 3.21. The lowest BCUT2D eigenvalue weighted by Crippen LogP contribution is -2.25. The summed E-state index contributed by atoms with van der Waals surface area (Å²) in [6.45, 7) is 0.606. The number of carbonyl (C=O) groups excluding carboxylic acids is 1. The molecule has 0 bridgehead atoms. The van der Waals surface area contributed by atoms with E-state index in [0.29, 0.717) is 6.54 Å². The third-order valence-corrected chi connectivity index (χ3v) is 4.00.